The zero-order valence-corrected chi connectivity index (χ0v) is 10.9. The van der Waals surface area contributed by atoms with Crippen molar-refractivity contribution in [3.63, 3.8) is 0 Å². The Morgan fingerprint density at radius 3 is 3.06 bits per heavy atom. The average molecular weight is 269 g/mol. The van der Waals surface area contributed by atoms with Crippen LogP contribution in [-0.4, -0.2) is 40.0 Å². The number of rotatable bonds is 2. The van der Waals surface area contributed by atoms with Crippen LogP contribution in [0.1, 0.15) is 6.42 Å². The fourth-order valence-electron chi connectivity index (χ4n) is 2.52. The fourth-order valence-corrected chi connectivity index (χ4v) is 2.68. The second-order valence-electron chi connectivity index (χ2n) is 4.94. The Kier molecular flexibility index (Phi) is 2.95. The minimum atomic E-state index is -0.447. The van der Waals surface area contributed by atoms with Crippen molar-refractivity contribution in [2.45, 2.75) is 13.0 Å². The number of hydrogen-bond acceptors (Lipinski definition) is 3. The summed E-state index contributed by atoms with van der Waals surface area (Å²) in [6.07, 6.45) is 1.16. The second-order valence-corrected chi connectivity index (χ2v) is 5.35. The van der Waals surface area contributed by atoms with Crippen molar-refractivity contribution in [1.29, 1.82) is 0 Å². The monoisotopic (exact) mass is 268 g/mol. The average Bonchev–Trinajstić information content (AvgIpc) is 2.89. The van der Waals surface area contributed by atoms with Gasteiger partial charge in [-0.25, -0.2) is 9.07 Å². The minimum absolute atomic E-state index is 0.120. The first-order valence-corrected chi connectivity index (χ1v) is 6.38. The normalized spacial score (nSPS) is 20.9. The summed E-state index contributed by atoms with van der Waals surface area (Å²) in [5.41, 5.74) is 1.36. The SMILES string of the molecule is CN1CCC(Cn2nnc3cc(F)c(Cl)cc32)C1. The summed E-state index contributed by atoms with van der Waals surface area (Å²) in [5.74, 6) is 0.126. The third-order valence-electron chi connectivity index (χ3n) is 3.48. The van der Waals surface area contributed by atoms with E-state index < -0.39 is 5.82 Å². The van der Waals surface area contributed by atoms with E-state index in [0.29, 0.717) is 11.4 Å². The molecule has 1 atom stereocenters. The Bertz CT molecular complexity index is 583. The topological polar surface area (TPSA) is 34.0 Å². The maximum Gasteiger partial charge on any atom is 0.144 e. The van der Waals surface area contributed by atoms with Gasteiger partial charge in [-0.2, -0.15) is 0 Å². The molecule has 1 aromatic carbocycles. The first kappa shape index (κ1) is 11.9. The van der Waals surface area contributed by atoms with Crippen molar-refractivity contribution < 1.29 is 4.39 Å². The molecule has 96 valence electrons. The Morgan fingerprint density at radius 1 is 1.50 bits per heavy atom. The van der Waals surface area contributed by atoms with Crippen LogP contribution in [0.4, 0.5) is 4.39 Å². The highest BCUT2D eigenvalue weighted by Crippen LogP contribution is 2.23. The van der Waals surface area contributed by atoms with Gasteiger partial charge in [0, 0.05) is 19.2 Å². The molecule has 0 amide bonds. The minimum Gasteiger partial charge on any atom is -0.306 e. The molecule has 0 radical (unpaired) electrons. The Labute approximate surface area is 109 Å². The molecule has 1 aliphatic heterocycles. The molecule has 0 N–H and O–H groups in total. The van der Waals surface area contributed by atoms with Gasteiger partial charge in [0.15, 0.2) is 0 Å². The lowest BCUT2D eigenvalue weighted by Crippen LogP contribution is -2.17. The van der Waals surface area contributed by atoms with Crippen LogP contribution in [0.2, 0.25) is 5.02 Å². The molecule has 18 heavy (non-hydrogen) atoms. The number of hydrogen-bond donors (Lipinski definition) is 0. The molecule has 0 aliphatic carbocycles. The van der Waals surface area contributed by atoms with Gasteiger partial charge in [0.2, 0.25) is 0 Å². The van der Waals surface area contributed by atoms with Gasteiger partial charge in [-0.1, -0.05) is 16.8 Å². The van der Waals surface area contributed by atoms with E-state index >= 15 is 0 Å². The maximum atomic E-state index is 13.3. The summed E-state index contributed by atoms with van der Waals surface area (Å²) in [4.78, 5) is 2.30. The van der Waals surface area contributed by atoms with Crippen LogP contribution in [0.25, 0.3) is 11.0 Å². The van der Waals surface area contributed by atoms with E-state index in [4.69, 9.17) is 11.6 Å². The van der Waals surface area contributed by atoms with Crippen molar-refractivity contribution in [2.75, 3.05) is 20.1 Å². The first-order chi connectivity index (χ1) is 8.63. The highest BCUT2D eigenvalue weighted by atomic mass is 35.5. The second kappa shape index (κ2) is 4.48. The van der Waals surface area contributed by atoms with Crippen LogP contribution in [0.5, 0.6) is 0 Å². The standard InChI is InChI=1S/C12H14ClFN4/c1-17-3-2-8(6-17)7-18-12-4-9(13)10(14)5-11(12)15-16-18/h4-5,8H,2-3,6-7H2,1H3. The van der Waals surface area contributed by atoms with Crippen LogP contribution < -0.4 is 0 Å². The smallest absolute Gasteiger partial charge is 0.144 e. The summed E-state index contributed by atoms with van der Waals surface area (Å²) in [7, 11) is 2.12. The largest absolute Gasteiger partial charge is 0.306 e. The number of aromatic nitrogens is 3. The van der Waals surface area contributed by atoms with Crippen LogP contribution in [0.3, 0.4) is 0 Å². The van der Waals surface area contributed by atoms with Crippen molar-refractivity contribution in [2.24, 2.45) is 5.92 Å². The van der Waals surface area contributed by atoms with Crippen LogP contribution in [-0.2, 0) is 6.54 Å². The Morgan fingerprint density at radius 2 is 2.33 bits per heavy atom. The highest BCUT2D eigenvalue weighted by molar-refractivity contribution is 6.31. The van der Waals surface area contributed by atoms with Gasteiger partial charge in [-0.05, 0) is 32.0 Å². The number of halogens is 2. The third-order valence-corrected chi connectivity index (χ3v) is 3.77. The lowest BCUT2D eigenvalue weighted by molar-refractivity contribution is 0.370. The summed E-state index contributed by atoms with van der Waals surface area (Å²) < 4.78 is 15.1. The lowest BCUT2D eigenvalue weighted by atomic mass is 10.1. The number of benzene rings is 1. The summed E-state index contributed by atoms with van der Waals surface area (Å²) in [5, 5.41) is 8.19. The molecule has 1 unspecified atom stereocenters. The molecule has 0 spiro atoms. The van der Waals surface area contributed by atoms with Gasteiger partial charge in [0.05, 0.1) is 10.5 Å². The highest BCUT2D eigenvalue weighted by Gasteiger charge is 2.21. The summed E-state index contributed by atoms with van der Waals surface area (Å²) in [6.45, 7) is 2.99. The van der Waals surface area contributed by atoms with Crippen molar-refractivity contribution in [3.05, 3.63) is 23.0 Å². The van der Waals surface area contributed by atoms with Gasteiger partial charge in [0.25, 0.3) is 0 Å². The van der Waals surface area contributed by atoms with Crippen molar-refractivity contribution in [1.82, 2.24) is 19.9 Å². The first-order valence-electron chi connectivity index (χ1n) is 6.00. The fraction of sp³-hybridized carbons (Fsp3) is 0.500. The van der Waals surface area contributed by atoms with Gasteiger partial charge in [-0.15, -0.1) is 5.10 Å². The molecule has 0 bridgehead atoms. The third kappa shape index (κ3) is 2.08. The van der Waals surface area contributed by atoms with Gasteiger partial charge < -0.3 is 4.90 Å². The zero-order chi connectivity index (χ0) is 12.7. The summed E-state index contributed by atoms with van der Waals surface area (Å²) in [6, 6.07) is 2.94. The van der Waals surface area contributed by atoms with E-state index in [1.165, 1.54) is 6.07 Å². The van der Waals surface area contributed by atoms with Crippen LogP contribution in [0.15, 0.2) is 12.1 Å². The molecule has 2 aromatic rings. The quantitative estimate of drug-likeness (QED) is 0.837. The van der Waals surface area contributed by atoms with E-state index in [-0.39, 0.29) is 5.02 Å². The molecule has 1 saturated heterocycles. The number of likely N-dealkylation sites (tertiary alicyclic amines) is 1. The van der Waals surface area contributed by atoms with Crippen LogP contribution in [0, 0.1) is 11.7 Å². The van der Waals surface area contributed by atoms with Gasteiger partial charge in [-0.3, -0.25) is 0 Å². The van der Waals surface area contributed by atoms with Gasteiger partial charge in [0.1, 0.15) is 11.3 Å². The molecule has 1 aliphatic rings. The molecule has 1 fully saturated rings. The Hall–Kier alpha value is -1.20. The molecule has 4 nitrogen and oxygen atoms in total. The van der Waals surface area contributed by atoms with E-state index in [0.717, 1.165) is 31.6 Å². The number of fused-ring (bicyclic) bond motifs is 1. The van der Waals surface area contributed by atoms with E-state index in [9.17, 15) is 4.39 Å². The number of nitrogens with zero attached hydrogens (tertiary/aromatic N) is 4. The zero-order valence-electron chi connectivity index (χ0n) is 10.1. The molecule has 2 heterocycles. The van der Waals surface area contributed by atoms with Crippen molar-refractivity contribution in [3.8, 4) is 0 Å². The molecule has 0 saturated carbocycles. The molecule has 6 heteroatoms. The van der Waals surface area contributed by atoms with E-state index in [1.54, 1.807) is 6.07 Å². The van der Waals surface area contributed by atoms with E-state index in [2.05, 4.69) is 22.3 Å². The molecular formula is C12H14ClFN4. The lowest BCUT2D eigenvalue weighted by Gasteiger charge is -2.10. The van der Waals surface area contributed by atoms with E-state index in [1.807, 2.05) is 4.68 Å². The summed E-state index contributed by atoms with van der Waals surface area (Å²) >= 11 is 5.80. The Balaban J connectivity index is 1.90. The maximum absolute atomic E-state index is 13.3. The predicted molar refractivity (Wildman–Crippen MR) is 68.1 cm³/mol. The predicted octanol–water partition coefficient (Wildman–Crippen LogP) is 2.18. The molecule has 3 rings (SSSR count). The molecular weight excluding hydrogens is 255 g/mol. The molecule has 1 aromatic heterocycles. The van der Waals surface area contributed by atoms with Crippen molar-refractivity contribution >= 4 is 22.6 Å². The van der Waals surface area contributed by atoms with Crippen LogP contribution >= 0.6 is 11.6 Å². The van der Waals surface area contributed by atoms with Gasteiger partial charge >= 0.3 is 0 Å².